The fourth-order valence-electron chi connectivity index (χ4n) is 2.29. The van der Waals surface area contributed by atoms with Crippen molar-refractivity contribution in [2.45, 2.75) is 58.4 Å². The molecule has 2 aliphatic rings. The quantitative estimate of drug-likeness (QED) is 0.639. The summed E-state index contributed by atoms with van der Waals surface area (Å²) in [5.74, 6) is 2.03. The van der Waals surface area contributed by atoms with Crippen molar-refractivity contribution in [2.24, 2.45) is 11.8 Å². The van der Waals surface area contributed by atoms with E-state index in [0.717, 1.165) is 44.3 Å². The molecule has 0 radical (unpaired) electrons. The van der Waals surface area contributed by atoms with Gasteiger partial charge in [0.25, 0.3) is 0 Å². The summed E-state index contributed by atoms with van der Waals surface area (Å²) < 4.78 is 0. The second-order valence-electron chi connectivity index (χ2n) is 6.40. The first-order valence-corrected chi connectivity index (χ1v) is 7.66. The standard InChI is InChI=1S/C15H28N2O/c1-12(2)16-9-3-4-15(18)17(10-13-5-6-13)11-14-7-8-14/h12-14,16H,3-11H2,1-2H3. The lowest BCUT2D eigenvalue weighted by atomic mass is 10.2. The van der Waals surface area contributed by atoms with Crippen LogP contribution in [0.5, 0.6) is 0 Å². The van der Waals surface area contributed by atoms with E-state index in [9.17, 15) is 4.79 Å². The summed E-state index contributed by atoms with van der Waals surface area (Å²) in [6, 6.07) is 0.522. The minimum Gasteiger partial charge on any atom is -0.342 e. The maximum absolute atomic E-state index is 12.2. The lowest BCUT2D eigenvalue weighted by Crippen LogP contribution is -2.35. The molecule has 0 bridgehead atoms. The number of carbonyl (C=O) groups excluding carboxylic acids is 1. The Hall–Kier alpha value is -0.570. The third-order valence-electron chi connectivity index (χ3n) is 3.82. The Balaban J connectivity index is 1.65. The Morgan fingerprint density at radius 1 is 1.17 bits per heavy atom. The van der Waals surface area contributed by atoms with Gasteiger partial charge in [-0.1, -0.05) is 13.8 Å². The predicted molar refractivity (Wildman–Crippen MR) is 74.4 cm³/mol. The van der Waals surface area contributed by atoms with Crippen molar-refractivity contribution < 1.29 is 4.79 Å². The van der Waals surface area contributed by atoms with Gasteiger partial charge in [0.15, 0.2) is 0 Å². The Labute approximate surface area is 111 Å². The monoisotopic (exact) mass is 252 g/mol. The van der Waals surface area contributed by atoms with Crippen LogP contribution in [0.25, 0.3) is 0 Å². The van der Waals surface area contributed by atoms with Crippen LogP contribution in [0.2, 0.25) is 0 Å². The van der Waals surface area contributed by atoms with Crippen molar-refractivity contribution in [2.75, 3.05) is 19.6 Å². The molecular formula is C15H28N2O. The van der Waals surface area contributed by atoms with E-state index in [1.54, 1.807) is 0 Å². The third-order valence-corrected chi connectivity index (χ3v) is 3.82. The molecule has 0 aromatic carbocycles. The van der Waals surface area contributed by atoms with Crippen LogP contribution < -0.4 is 5.32 Å². The van der Waals surface area contributed by atoms with Gasteiger partial charge in [0.05, 0.1) is 0 Å². The van der Waals surface area contributed by atoms with Crippen molar-refractivity contribution in [3.8, 4) is 0 Å². The number of hydrogen-bond donors (Lipinski definition) is 1. The van der Waals surface area contributed by atoms with Crippen molar-refractivity contribution >= 4 is 5.91 Å². The smallest absolute Gasteiger partial charge is 0.222 e. The molecule has 2 fully saturated rings. The summed E-state index contributed by atoms with van der Waals surface area (Å²) >= 11 is 0. The van der Waals surface area contributed by atoms with Gasteiger partial charge in [0.1, 0.15) is 0 Å². The van der Waals surface area contributed by atoms with Crippen LogP contribution in [0.3, 0.4) is 0 Å². The number of amides is 1. The molecule has 2 rings (SSSR count). The number of hydrogen-bond acceptors (Lipinski definition) is 2. The molecule has 0 unspecified atom stereocenters. The molecule has 3 nitrogen and oxygen atoms in total. The average molecular weight is 252 g/mol. The zero-order valence-electron chi connectivity index (χ0n) is 12.0. The molecular weight excluding hydrogens is 224 g/mol. The Bertz CT molecular complexity index is 256. The van der Waals surface area contributed by atoms with Crippen LogP contribution in [-0.4, -0.2) is 36.5 Å². The molecule has 0 atom stereocenters. The van der Waals surface area contributed by atoms with Crippen LogP contribution in [0.4, 0.5) is 0 Å². The highest BCUT2D eigenvalue weighted by molar-refractivity contribution is 5.76. The largest absolute Gasteiger partial charge is 0.342 e. The van der Waals surface area contributed by atoms with Gasteiger partial charge in [-0.15, -0.1) is 0 Å². The van der Waals surface area contributed by atoms with E-state index < -0.39 is 0 Å². The molecule has 1 N–H and O–H groups in total. The van der Waals surface area contributed by atoms with Crippen LogP contribution in [0.1, 0.15) is 52.4 Å². The average Bonchev–Trinajstić information content (AvgIpc) is 3.17. The second kappa shape index (κ2) is 6.55. The molecule has 2 aliphatic carbocycles. The molecule has 3 heteroatoms. The molecule has 0 spiro atoms. The summed E-state index contributed by atoms with van der Waals surface area (Å²) in [6.07, 6.45) is 7.04. The maximum Gasteiger partial charge on any atom is 0.222 e. The minimum atomic E-state index is 0.388. The Kier molecular flexibility index (Phi) is 5.04. The zero-order valence-corrected chi connectivity index (χ0v) is 12.0. The van der Waals surface area contributed by atoms with Crippen molar-refractivity contribution in [1.29, 1.82) is 0 Å². The summed E-state index contributed by atoms with van der Waals surface area (Å²) in [6.45, 7) is 7.33. The van der Waals surface area contributed by atoms with Crippen LogP contribution in [0.15, 0.2) is 0 Å². The van der Waals surface area contributed by atoms with Gasteiger partial charge in [-0.25, -0.2) is 0 Å². The van der Waals surface area contributed by atoms with E-state index >= 15 is 0 Å². The summed E-state index contributed by atoms with van der Waals surface area (Å²) in [4.78, 5) is 14.4. The van der Waals surface area contributed by atoms with E-state index in [1.807, 2.05) is 0 Å². The number of nitrogens with zero attached hydrogens (tertiary/aromatic N) is 1. The van der Waals surface area contributed by atoms with Gasteiger partial charge in [0.2, 0.25) is 5.91 Å². The van der Waals surface area contributed by atoms with Gasteiger partial charge in [-0.2, -0.15) is 0 Å². The predicted octanol–water partition coefficient (Wildman–Crippen LogP) is 2.41. The highest BCUT2D eigenvalue weighted by Crippen LogP contribution is 2.33. The van der Waals surface area contributed by atoms with Crippen molar-refractivity contribution in [1.82, 2.24) is 10.2 Å². The zero-order chi connectivity index (χ0) is 13.0. The van der Waals surface area contributed by atoms with Gasteiger partial charge in [-0.05, 0) is 50.5 Å². The first-order valence-electron chi connectivity index (χ1n) is 7.66. The molecule has 0 saturated heterocycles. The van der Waals surface area contributed by atoms with E-state index in [4.69, 9.17) is 0 Å². The van der Waals surface area contributed by atoms with Crippen molar-refractivity contribution in [3.05, 3.63) is 0 Å². The molecule has 2 saturated carbocycles. The topological polar surface area (TPSA) is 32.3 Å². The summed E-state index contributed by atoms with van der Waals surface area (Å²) in [5.41, 5.74) is 0. The van der Waals surface area contributed by atoms with Gasteiger partial charge in [-0.3, -0.25) is 4.79 Å². The van der Waals surface area contributed by atoms with E-state index in [1.165, 1.54) is 25.7 Å². The number of nitrogens with one attached hydrogen (secondary N) is 1. The van der Waals surface area contributed by atoms with E-state index in [0.29, 0.717) is 11.9 Å². The first-order chi connectivity index (χ1) is 8.65. The third kappa shape index (κ3) is 5.38. The fraction of sp³-hybridized carbons (Fsp3) is 0.933. The molecule has 0 aromatic heterocycles. The van der Waals surface area contributed by atoms with Crippen LogP contribution in [0, 0.1) is 11.8 Å². The van der Waals surface area contributed by atoms with Crippen LogP contribution >= 0.6 is 0 Å². The molecule has 104 valence electrons. The van der Waals surface area contributed by atoms with Gasteiger partial charge in [0, 0.05) is 25.6 Å². The van der Waals surface area contributed by atoms with Crippen LogP contribution in [-0.2, 0) is 4.79 Å². The molecule has 18 heavy (non-hydrogen) atoms. The molecule has 1 amide bonds. The molecule has 0 aliphatic heterocycles. The summed E-state index contributed by atoms with van der Waals surface area (Å²) in [5, 5.41) is 3.38. The number of rotatable bonds is 9. The normalized spacial score (nSPS) is 19.3. The minimum absolute atomic E-state index is 0.388. The SMILES string of the molecule is CC(C)NCCCC(=O)N(CC1CC1)CC1CC1. The lowest BCUT2D eigenvalue weighted by molar-refractivity contribution is -0.131. The highest BCUT2D eigenvalue weighted by Gasteiger charge is 2.31. The maximum atomic E-state index is 12.2. The highest BCUT2D eigenvalue weighted by atomic mass is 16.2. The van der Waals surface area contributed by atoms with E-state index in [2.05, 4.69) is 24.1 Å². The van der Waals surface area contributed by atoms with Crippen molar-refractivity contribution in [3.63, 3.8) is 0 Å². The first kappa shape index (κ1) is 13.9. The Morgan fingerprint density at radius 3 is 2.17 bits per heavy atom. The van der Waals surface area contributed by atoms with E-state index in [-0.39, 0.29) is 0 Å². The fourth-order valence-corrected chi connectivity index (χ4v) is 2.29. The second-order valence-corrected chi connectivity index (χ2v) is 6.40. The molecule has 0 aromatic rings. The molecule has 0 heterocycles. The summed E-state index contributed by atoms with van der Waals surface area (Å²) in [7, 11) is 0. The number of carbonyl (C=O) groups is 1. The Morgan fingerprint density at radius 2 is 1.72 bits per heavy atom. The van der Waals surface area contributed by atoms with Gasteiger partial charge < -0.3 is 10.2 Å². The van der Waals surface area contributed by atoms with Gasteiger partial charge >= 0.3 is 0 Å². The lowest BCUT2D eigenvalue weighted by Gasteiger charge is -2.22.